The zero-order valence-corrected chi connectivity index (χ0v) is 71.6. The Hall–Kier alpha value is 1.44. The van der Waals surface area contributed by atoms with E-state index in [1.807, 2.05) is 0 Å². The number of rotatable bonds is 83. The van der Waals surface area contributed by atoms with Gasteiger partial charge in [-0.3, -0.25) is 0 Å². The molecule has 0 radical (unpaired) electrons. The van der Waals surface area contributed by atoms with Crippen LogP contribution in [0.1, 0.15) is 534 Å². The summed E-state index contributed by atoms with van der Waals surface area (Å²) in [7, 11) is 0. The zero-order chi connectivity index (χ0) is 69.6. The van der Waals surface area contributed by atoms with E-state index in [1.54, 1.807) is 0 Å². The van der Waals surface area contributed by atoms with Crippen LogP contribution in [-0.4, -0.2) is 52.3 Å². The third-order valence-electron chi connectivity index (χ3n) is 21.8. The van der Waals surface area contributed by atoms with E-state index in [4.69, 9.17) is 22.5 Å². The van der Waals surface area contributed by atoms with Crippen LogP contribution in [0.3, 0.4) is 0 Å². The van der Waals surface area contributed by atoms with Gasteiger partial charge < -0.3 is 0 Å². The molecular weight excluding hydrogens is 1230 g/mol. The Morgan fingerprint density at radius 3 is 0.242 bits per heavy atom. The van der Waals surface area contributed by atoms with Crippen LogP contribution in [-0.2, 0) is 0 Å². The quantitative estimate of drug-likeness (QED) is 0.0421. The molecule has 0 atom stereocenters. The molecule has 0 fully saturated rings. The van der Waals surface area contributed by atoms with Gasteiger partial charge in [0.15, 0.2) is 0 Å². The van der Waals surface area contributed by atoms with Gasteiger partial charge in [0.25, 0.3) is 0 Å². The Kier molecular flexibility index (Phi) is 80.9. The molecule has 0 bridgehead atoms. The van der Waals surface area contributed by atoms with Gasteiger partial charge in [-0.05, 0) is 0 Å². The number of unbranched alkanes of at least 4 members (excludes halogenated alkanes) is 79. The molecule has 0 amide bonds. The molecule has 0 aliphatic rings. The van der Waals surface area contributed by atoms with Gasteiger partial charge in [0.1, 0.15) is 0 Å². The van der Waals surface area contributed by atoms with E-state index < -0.39 is 11.9 Å². The van der Waals surface area contributed by atoms with Crippen molar-refractivity contribution in [3.05, 3.63) is 0 Å². The van der Waals surface area contributed by atoms with Crippen LogP contribution in [0.4, 0.5) is 0 Å². The Morgan fingerprint density at radius 1 is 0.116 bits per heavy atom. The molecule has 0 aromatic heterocycles. The van der Waals surface area contributed by atoms with Gasteiger partial charge in [-0.15, -0.1) is 0 Å². The van der Waals surface area contributed by atoms with Crippen molar-refractivity contribution in [2.45, 2.75) is 534 Å². The molecule has 0 aliphatic carbocycles. The van der Waals surface area contributed by atoms with Crippen LogP contribution in [0.25, 0.3) is 0 Å². The second-order valence-corrected chi connectivity index (χ2v) is 55.3. The van der Waals surface area contributed by atoms with Crippen LogP contribution in [0.5, 0.6) is 0 Å². The normalized spacial score (nSPS) is 12.9. The second kappa shape index (κ2) is 78.0. The molecule has 578 valence electrons. The summed E-state index contributed by atoms with van der Waals surface area (Å²) in [5, 5.41) is 0. The first-order valence-electron chi connectivity index (χ1n) is 45.6. The van der Waals surface area contributed by atoms with Gasteiger partial charge in [0, 0.05) is 0 Å². The van der Waals surface area contributed by atoms with E-state index in [9.17, 15) is 0 Å². The minimum atomic E-state index is -1.77. The summed E-state index contributed by atoms with van der Waals surface area (Å²) in [6, 6.07) is 0. The average molecular weight is 1420 g/mol. The molecule has 0 rings (SSSR count). The van der Waals surface area contributed by atoms with E-state index in [0.717, 1.165) is 0 Å². The molecule has 0 unspecified atom stereocenters. The summed E-state index contributed by atoms with van der Waals surface area (Å²) in [5.41, 5.74) is 0. The summed E-state index contributed by atoms with van der Waals surface area (Å²) in [6.07, 6.45) is 122. The third kappa shape index (κ3) is 102. The van der Waals surface area contributed by atoms with Crippen LogP contribution < -0.4 is 0 Å². The summed E-state index contributed by atoms with van der Waals surface area (Å²) in [4.78, 5) is 0. The third-order valence-corrected chi connectivity index (χ3v) is 26.5. The molecular formula is C91H190Cl2P2. The fourth-order valence-corrected chi connectivity index (χ4v) is 18.4. The summed E-state index contributed by atoms with van der Waals surface area (Å²) in [6.45, 7) is 18.4. The Balaban J connectivity index is 0. The molecule has 0 saturated heterocycles. The molecule has 0 saturated carbocycles. The van der Waals surface area contributed by atoms with Crippen LogP contribution in [0.15, 0.2) is 0 Å². The SMILES string of the molecule is CCCCCCCCCCCCCCCCCCCCCCCCCCCCCCCCCCCCCCCCCCCP(C)(C)(C)Cl.CCCCCCCCCCCCCCCCCCCCCCCCCCCCCCCCCCCCCCCCCCP(C)(C)(C)Cl. The van der Waals surface area contributed by atoms with Crippen LogP contribution in [0.2, 0.25) is 0 Å². The maximum atomic E-state index is 6.66. The van der Waals surface area contributed by atoms with Gasteiger partial charge in [-0.2, -0.15) is 0 Å². The Labute approximate surface area is 616 Å². The molecule has 0 aliphatic heterocycles. The molecule has 0 aromatic carbocycles. The first-order chi connectivity index (χ1) is 46.1. The number of hydrogen-bond donors (Lipinski definition) is 0. The van der Waals surface area contributed by atoms with Crippen LogP contribution >= 0.6 is 34.4 Å². The molecule has 95 heavy (non-hydrogen) atoms. The van der Waals surface area contributed by atoms with Gasteiger partial charge in [0.2, 0.25) is 0 Å². The van der Waals surface area contributed by atoms with E-state index in [2.05, 4.69) is 53.8 Å². The van der Waals surface area contributed by atoms with Crippen molar-refractivity contribution in [1.29, 1.82) is 0 Å². The molecule has 0 nitrogen and oxygen atoms in total. The number of halogens is 2. The van der Waals surface area contributed by atoms with Crippen molar-refractivity contribution in [2.24, 2.45) is 0 Å². The number of hydrogen-bond acceptors (Lipinski definition) is 0. The second-order valence-electron chi connectivity index (χ2n) is 35.2. The van der Waals surface area contributed by atoms with Crippen molar-refractivity contribution in [1.82, 2.24) is 0 Å². The molecule has 0 aromatic rings. The predicted octanol–water partition coefficient (Wildman–Crippen LogP) is 36.8. The van der Waals surface area contributed by atoms with Crippen molar-refractivity contribution < 1.29 is 0 Å². The van der Waals surface area contributed by atoms with Gasteiger partial charge in [-0.1, -0.05) is 393 Å². The van der Waals surface area contributed by atoms with E-state index >= 15 is 0 Å². The average Bonchev–Trinajstić information content (AvgIpc) is 2.53. The zero-order valence-electron chi connectivity index (χ0n) is 68.3. The molecule has 0 N–H and O–H groups in total. The predicted molar refractivity (Wildman–Crippen MR) is 456 cm³/mol. The van der Waals surface area contributed by atoms with Gasteiger partial charge in [-0.25, -0.2) is 0 Å². The van der Waals surface area contributed by atoms with Crippen molar-refractivity contribution >= 4 is 34.4 Å². The minimum absolute atomic E-state index is 1.26. The first-order valence-corrected chi connectivity index (χ1v) is 54.9. The Morgan fingerprint density at radius 2 is 0.179 bits per heavy atom. The van der Waals surface area contributed by atoms with Crippen molar-refractivity contribution in [2.75, 3.05) is 52.3 Å². The first kappa shape index (κ1) is 98.5. The van der Waals surface area contributed by atoms with E-state index in [1.165, 1.54) is 532 Å². The topological polar surface area (TPSA) is 0 Å². The monoisotopic (exact) mass is 1420 g/mol. The summed E-state index contributed by atoms with van der Waals surface area (Å²) in [5.74, 6) is -3.54. The summed E-state index contributed by atoms with van der Waals surface area (Å²) >= 11 is 13.3. The summed E-state index contributed by atoms with van der Waals surface area (Å²) < 4.78 is 0. The standard InChI is InChI=1S/C46H96ClP.C45H94ClP/c1-5-6-7-8-9-10-11-12-13-14-15-16-17-18-19-20-21-22-23-24-25-26-27-28-29-30-31-32-33-34-35-36-37-38-39-40-41-42-43-44-45-46-48(2,3,4)47;1-5-6-7-8-9-10-11-12-13-14-15-16-17-18-19-20-21-22-23-24-25-26-27-28-29-30-31-32-33-34-35-36-37-38-39-40-41-42-43-44-45-47(2,3,4)46/h5-46H2,1-4H3;5-45H2,1-4H3. The molecule has 0 heterocycles. The Bertz CT molecular complexity index is 1360. The van der Waals surface area contributed by atoms with Gasteiger partial charge >= 0.3 is 228 Å². The van der Waals surface area contributed by atoms with E-state index in [0.29, 0.717) is 0 Å². The van der Waals surface area contributed by atoms with Crippen molar-refractivity contribution in [3.8, 4) is 0 Å². The van der Waals surface area contributed by atoms with E-state index in [-0.39, 0.29) is 0 Å². The molecule has 0 spiro atoms. The maximum absolute atomic E-state index is 6.66. The fourth-order valence-electron chi connectivity index (χ4n) is 15.1. The van der Waals surface area contributed by atoms with Crippen molar-refractivity contribution in [3.63, 3.8) is 0 Å². The van der Waals surface area contributed by atoms with Gasteiger partial charge in [0.05, 0.1) is 0 Å². The molecule has 4 heteroatoms. The fraction of sp³-hybridized carbons (Fsp3) is 1.00. The van der Waals surface area contributed by atoms with Crippen LogP contribution in [0, 0.1) is 0 Å².